The third-order valence-electron chi connectivity index (χ3n) is 3.99. The Morgan fingerprint density at radius 1 is 0.905 bits per heavy atom. The summed E-state index contributed by atoms with van der Waals surface area (Å²) in [7, 11) is 2.06. The minimum atomic E-state index is 0.469. The summed E-state index contributed by atoms with van der Waals surface area (Å²) >= 11 is 0. The van der Waals surface area contributed by atoms with E-state index in [0.29, 0.717) is 6.04 Å². The summed E-state index contributed by atoms with van der Waals surface area (Å²) < 4.78 is 5.72. The van der Waals surface area contributed by atoms with E-state index in [1.807, 2.05) is 0 Å². The zero-order valence-electron chi connectivity index (χ0n) is 14.2. The maximum atomic E-state index is 5.72. The highest BCUT2D eigenvalue weighted by Gasteiger charge is 2.08. The van der Waals surface area contributed by atoms with E-state index in [-0.39, 0.29) is 0 Å². The molecule has 21 heavy (non-hydrogen) atoms. The third-order valence-corrected chi connectivity index (χ3v) is 3.99. The fourth-order valence-electron chi connectivity index (χ4n) is 2.56. The quantitative estimate of drug-likeness (QED) is 0.514. The monoisotopic (exact) mass is 291 g/mol. The van der Waals surface area contributed by atoms with Crippen molar-refractivity contribution in [2.75, 3.05) is 13.7 Å². The van der Waals surface area contributed by atoms with Crippen molar-refractivity contribution in [2.45, 2.75) is 71.3 Å². The first-order valence-corrected chi connectivity index (χ1v) is 8.71. The average molecular weight is 291 g/mol. The van der Waals surface area contributed by atoms with Crippen molar-refractivity contribution in [3.05, 3.63) is 29.8 Å². The van der Waals surface area contributed by atoms with Gasteiger partial charge in [0, 0.05) is 6.04 Å². The standard InChI is InChI=1S/C19H33NO/c1-4-6-8-9-10-11-19(20-3)17-12-14-18(15-13-17)21-16-7-5-2/h12-15,19-20H,4-11,16H2,1-3H3. The van der Waals surface area contributed by atoms with E-state index in [0.717, 1.165) is 18.8 Å². The van der Waals surface area contributed by atoms with Gasteiger partial charge in [0.15, 0.2) is 0 Å². The molecule has 0 amide bonds. The van der Waals surface area contributed by atoms with Crippen molar-refractivity contribution < 1.29 is 4.74 Å². The lowest BCUT2D eigenvalue weighted by molar-refractivity contribution is 0.309. The van der Waals surface area contributed by atoms with Gasteiger partial charge in [0.1, 0.15) is 5.75 Å². The molecule has 1 aromatic rings. The van der Waals surface area contributed by atoms with Crippen LogP contribution in [0.4, 0.5) is 0 Å². The van der Waals surface area contributed by atoms with Gasteiger partial charge in [0.2, 0.25) is 0 Å². The third kappa shape index (κ3) is 7.52. The molecule has 1 unspecified atom stereocenters. The molecule has 0 fully saturated rings. The summed E-state index contributed by atoms with van der Waals surface area (Å²) in [5.74, 6) is 0.991. The van der Waals surface area contributed by atoms with Crippen LogP contribution in [0.2, 0.25) is 0 Å². The second-order valence-electron chi connectivity index (χ2n) is 5.82. The Morgan fingerprint density at radius 2 is 1.57 bits per heavy atom. The van der Waals surface area contributed by atoms with Gasteiger partial charge in [-0.1, -0.05) is 64.5 Å². The Hall–Kier alpha value is -1.02. The molecule has 0 saturated carbocycles. The van der Waals surface area contributed by atoms with Crippen molar-refractivity contribution in [1.82, 2.24) is 5.32 Å². The first kappa shape index (κ1) is 18.0. The summed E-state index contributed by atoms with van der Waals surface area (Å²) in [5.41, 5.74) is 1.37. The van der Waals surface area contributed by atoms with Gasteiger partial charge in [0.05, 0.1) is 6.61 Å². The molecule has 0 radical (unpaired) electrons. The van der Waals surface area contributed by atoms with Crippen LogP contribution in [0.3, 0.4) is 0 Å². The largest absolute Gasteiger partial charge is 0.494 e. The van der Waals surface area contributed by atoms with Crippen molar-refractivity contribution in [3.8, 4) is 5.75 Å². The van der Waals surface area contributed by atoms with Crippen LogP contribution in [-0.4, -0.2) is 13.7 Å². The van der Waals surface area contributed by atoms with Gasteiger partial charge in [-0.25, -0.2) is 0 Å². The predicted octanol–water partition coefficient (Wildman–Crippen LogP) is 5.49. The molecular weight excluding hydrogens is 258 g/mol. The van der Waals surface area contributed by atoms with E-state index in [1.165, 1.54) is 50.5 Å². The Balaban J connectivity index is 2.38. The Bertz CT molecular complexity index is 347. The summed E-state index contributed by atoms with van der Waals surface area (Å²) in [5, 5.41) is 3.44. The molecule has 0 aliphatic heterocycles. The molecule has 0 aliphatic carbocycles. The molecule has 1 aromatic carbocycles. The Labute approximate surface area is 131 Å². The molecule has 0 aliphatic rings. The van der Waals surface area contributed by atoms with Crippen molar-refractivity contribution in [3.63, 3.8) is 0 Å². The van der Waals surface area contributed by atoms with Crippen LogP contribution in [0.1, 0.15) is 76.8 Å². The van der Waals surface area contributed by atoms with E-state index < -0.39 is 0 Å². The van der Waals surface area contributed by atoms with Gasteiger partial charge in [-0.15, -0.1) is 0 Å². The first-order chi connectivity index (χ1) is 10.3. The van der Waals surface area contributed by atoms with Crippen LogP contribution in [0.15, 0.2) is 24.3 Å². The summed E-state index contributed by atoms with van der Waals surface area (Å²) in [6, 6.07) is 9.08. The van der Waals surface area contributed by atoms with Gasteiger partial charge in [-0.05, 0) is 37.6 Å². The van der Waals surface area contributed by atoms with Gasteiger partial charge in [-0.2, -0.15) is 0 Å². The summed E-state index contributed by atoms with van der Waals surface area (Å²) in [6.07, 6.45) is 10.2. The van der Waals surface area contributed by atoms with E-state index in [2.05, 4.69) is 50.5 Å². The molecule has 0 bridgehead atoms. The molecule has 1 rings (SSSR count). The van der Waals surface area contributed by atoms with E-state index in [1.54, 1.807) is 0 Å². The van der Waals surface area contributed by atoms with Crippen molar-refractivity contribution in [2.24, 2.45) is 0 Å². The molecule has 120 valence electrons. The minimum absolute atomic E-state index is 0.469. The van der Waals surface area contributed by atoms with Crippen LogP contribution < -0.4 is 10.1 Å². The number of rotatable bonds is 12. The Kier molecular flexibility index (Phi) is 9.98. The van der Waals surface area contributed by atoms with Gasteiger partial charge in [0.25, 0.3) is 0 Å². The average Bonchev–Trinajstić information content (AvgIpc) is 2.52. The van der Waals surface area contributed by atoms with Gasteiger partial charge in [-0.3, -0.25) is 0 Å². The highest BCUT2D eigenvalue weighted by Crippen LogP contribution is 2.22. The molecule has 2 heteroatoms. The minimum Gasteiger partial charge on any atom is -0.494 e. The number of ether oxygens (including phenoxy) is 1. The van der Waals surface area contributed by atoms with Gasteiger partial charge >= 0.3 is 0 Å². The molecular formula is C19H33NO. The van der Waals surface area contributed by atoms with Crippen LogP contribution in [0.5, 0.6) is 5.75 Å². The van der Waals surface area contributed by atoms with Crippen molar-refractivity contribution >= 4 is 0 Å². The zero-order valence-corrected chi connectivity index (χ0v) is 14.2. The topological polar surface area (TPSA) is 21.3 Å². The lowest BCUT2D eigenvalue weighted by atomic mass is 10.00. The number of benzene rings is 1. The lowest BCUT2D eigenvalue weighted by Crippen LogP contribution is -2.16. The lowest BCUT2D eigenvalue weighted by Gasteiger charge is -2.17. The summed E-state index contributed by atoms with van der Waals surface area (Å²) in [4.78, 5) is 0. The van der Waals surface area contributed by atoms with Crippen LogP contribution in [-0.2, 0) is 0 Å². The van der Waals surface area contributed by atoms with Crippen LogP contribution in [0, 0.1) is 0 Å². The normalized spacial score (nSPS) is 12.3. The maximum absolute atomic E-state index is 5.72. The highest BCUT2D eigenvalue weighted by atomic mass is 16.5. The van der Waals surface area contributed by atoms with Crippen LogP contribution in [0.25, 0.3) is 0 Å². The maximum Gasteiger partial charge on any atom is 0.119 e. The number of hydrogen-bond acceptors (Lipinski definition) is 2. The van der Waals surface area contributed by atoms with Crippen LogP contribution >= 0.6 is 0 Å². The highest BCUT2D eigenvalue weighted by molar-refractivity contribution is 5.29. The summed E-state index contributed by atoms with van der Waals surface area (Å²) in [6.45, 7) is 5.27. The molecule has 0 heterocycles. The molecule has 0 spiro atoms. The Morgan fingerprint density at radius 3 is 2.19 bits per heavy atom. The molecule has 2 nitrogen and oxygen atoms in total. The molecule has 0 saturated heterocycles. The second-order valence-corrected chi connectivity index (χ2v) is 5.82. The number of hydrogen-bond donors (Lipinski definition) is 1. The van der Waals surface area contributed by atoms with Crippen molar-refractivity contribution in [1.29, 1.82) is 0 Å². The van der Waals surface area contributed by atoms with E-state index >= 15 is 0 Å². The number of nitrogens with one attached hydrogen (secondary N) is 1. The zero-order chi connectivity index (χ0) is 15.3. The second kappa shape index (κ2) is 11.6. The molecule has 1 atom stereocenters. The predicted molar refractivity (Wildman–Crippen MR) is 92.0 cm³/mol. The fraction of sp³-hybridized carbons (Fsp3) is 0.684. The number of unbranched alkanes of at least 4 members (excludes halogenated alkanes) is 5. The molecule has 0 aromatic heterocycles. The first-order valence-electron chi connectivity index (χ1n) is 8.71. The van der Waals surface area contributed by atoms with Gasteiger partial charge < -0.3 is 10.1 Å². The SMILES string of the molecule is CCCCCCCC(NC)c1ccc(OCCCC)cc1. The van der Waals surface area contributed by atoms with E-state index in [9.17, 15) is 0 Å². The van der Waals surface area contributed by atoms with E-state index in [4.69, 9.17) is 4.74 Å². The molecule has 1 N–H and O–H groups in total. The smallest absolute Gasteiger partial charge is 0.119 e. The fourth-order valence-corrected chi connectivity index (χ4v) is 2.56.